The van der Waals surface area contributed by atoms with E-state index in [1.54, 1.807) is 6.92 Å². The van der Waals surface area contributed by atoms with Crippen molar-refractivity contribution >= 4 is 146 Å². The molecule has 0 radical (unpaired) electrons. The number of hydrogen-bond donors (Lipinski definition) is 18. The van der Waals surface area contributed by atoms with E-state index in [0.29, 0.717) is 5.56 Å². The SMILES string of the molecule is CC(C)C[C@@H]1NC(=O)CCC(=O)[C@H](Cc2ccc(O)c(Cl)c2)NC(=O)[C@@H]2C[C@@H](O)CN2C(=O)[C@@H](NC(=O)[C@@H](CCC(=O)O)CC(=O)[C@H](Cc2ccc(O)cc2)NC(=O)[C@H](CCNC(=O)CCC(C(=O)O)N2CCN(CC(=O)O)CCN(CC(=O)O)CCN(CC(=O)O)CC2)NC(=O)CCC(C(=O)O)N2CCN(CC(=O)O)CCN(CC(=O)O)CCN(CC(=O)O)CC2)CSSC[C@@H](C)CC1=O. The van der Waals surface area contributed by atoms with Gasteiger partial charge in [-0.05, 0) is 92.2 Å². The number of carboxylic acid groups (broad SMARTS) is 9. The lowest BCUT2D eigenvalue weighted by Gasteiger charge is -2.35. The number of phenols is 2. The zero-order chi connectivity index (χ0) is 101. The number of aliphatic carboxylic acids is 9. The highest BCUT2D eigenvalue weighted by molar-refractivity contribution is 8.76. The van der Waals surface area contributed by atoms with Crippen molar-refractivity contribution in [2.24, 2.45) is 17.8 Å². The van der Waals surface area contributed by atoms with E-state index in [1.165, 1.54) is 92.5 Å². The first kappa shape index (κ1) is 114. The Morgan fingerprint density at radius 1 is 0.507 bits per heavy atom. The molecule has 4 fully saturated rings. The number of halogens is 1. The first-order chi connectivity index (χ1) is 64.3. The van der Waals surface area contributed by atoms with E-state index in [1.807, 2.05) is 13.8 Å². The van der Waals surface area contributed by atoms with Crippen LogP contribution < -0.4 is 31.9 Å². The number of aliphatic hydroxyl groups excluding tert-OH is 1. The average molecular weight is 1980 g/mol. The highest BCUT2D eigenvalue weighted by Gasteiger charge is 2.45. The van der Waals surface area contributed by atoms with Gasteiger partial charge in [0.1, 0.15) is 41.7 Å². The zero-order valence-corrected chi connectivity index (χ0v) is 78.7. The van der Waals surface area contributed by atoms with Gasteiger partial charge in [-0.3, -0.25) is 130 Å². The summed E-state index contributed by atoms with van der Waals surface area (Å²) in [5, 5.41) is 138. The van der Waals surface area contributed by atoms with Gasteiger partial charge in [0.15, 0.2) is 17.3 Å². The number of amides is 7. The molecule has 0 bridgehead atoms. The van der Waals surface area contributed by atoms with E-state index >= 15 is 19.2 Å². The third-order valence-corrected chi connectivity index (χ3v) is 26.5. The molecule has 49 heteroatoms. The topological polar surface area (TPSA) is 668 Å². The molecule has 6 rings (SSSR count). The van der Waals surface area contributed by atoms with Gasteiger partial charge in [0.2, 0.25) is 41.4 Å². The molecule has 2 unspecified atom stereocenters. The molecule has 18 N–H and O–H groups in total. The molecule has 2 aromatic rings. The normalized spacial score (nSPS) is 21.7. The molecule has 0 saturated carbocycles. The van der Waals surface area contributed by atoms with Crippen LogP contribution in [0.2, 0.25) is 5.02 Å². The fourth-order valence-corrected chi connectivity index (χ4v) is 19.1. The number of carbonyl (C=O) groups is 19. The van der Waals surface area contributed by atoms with Crippen LogP contribution in [0.1, 0.15) is 115 Å². The summed E-state index contributed by atoms with van der Waals surface area (Å²) in [7, 11) is 2.21. The van der Waals surface area contributed by atoms with Crippen LogP contribution in [-0.2, 0) is 104 Å². The Kier molecular flexibility index (Phi) is 48.6. The number of phenolic OH excluding ortho intramolecular Hbond substituents is 2. The van der Waals surface area contributed by atoms with Gasteiger partial charge in [0, 0.05) is 187 Å². The van der Waals surface area contributed by atoms with Crippen molar-refractivity contribution in [1.82, 2.24) is 76.0 Å². The van der Waals surface area contributed by atoms with Gasteiger partial charge in [-0.25, -0.2) is 0 Å². The average Bonchev–Trinajstić information content (AvgIpc) is 1.67. The molecule has 7 amide bonds. The lowest BCUT2D eigenvalue weighted by Crippen LogP contribution is -2.57. The number of Topliss-reactive ketones (excluding diaryl/α,β-unsaturated/α-hetero) is 3. The van der Waals surface area contributed by atoms with E-state index in [-0.39, 0.29) is 175 Å². The maximum atomic E-state index is 15.4. The van der Waals surface area contributed by atoms with Crippen molar-refractivity contribution in [1.29, 1.82) is 0 Å². The van der Waals surface area contributed by atoms with Crippen molar-refractivity contribution in [3.05, 3.63) is 58.6 Å². The predicted octanol–water partition coefficient (Wildman–Crippen LogP) is -2.33. The molecule has 4 heterocycles. The van der Waals surface area contributed by atoms with Crippen molar-refractivity contribution in [3.8, 4) is 11.5 Å². The van der Waals surface area contributed by atoms with Crippen molar-refractivity contribution in [2.75, 3.05) is 169 Å². The summed E-state index contributed by atoms with van der Waals surface area (Å²) in [6, 6.07) is -3.16. The lowest BCUT2D eigenvalue weighted by atomic mass is 9.90. The Hall–Kier alpha value is -10.8. The Balaban J connectivity index is 1.36. The number of aromatic hydroxyl groups is 2. The summed E-state index contributed by atoms with van der Waals surface area (Å²) in [5.41, 5.74) is 0.571. The number of ketones is 3. The molecule has 756 valence electrons. The molecule has 11 atom stereocenters. The van der Waals surface area contributed by atoms with Crippen LogP contribution >= 0.6 is 33.2 Å². The summed E-state index contributed by atoms with van der Waals surface area (Å²) in [6.07, 6.45) is -8.47. The number of rotatable bonds is 42. The Bertz CT molecular complexity index is 4410. The van der Waals surface area contributed by atoms with Crippen LogP contribution in [0.4, 0.5) is 0 Å². The minimum atomic E-state index is -1.85. The number of carbonyl (C=O) groups excluding carboxylic acids is 10. The number of carboxylic acids is 9. The summed E-state index contributed by atoms with van der Waals surface area (Å²) in [4.78, 5) is 271. The number of fused-ring (bicyclic) bond motifs is 1. The molecule has 0 aliphatic carbocycles. The van der Waals surface area contributed by atoms with Crippen LogP contribution in [-0.4, -0.2) is 441 Å². The summed E-state index contributed by atoms with van der Waals surface area (Å²) in [5.74, 6) is -23.5. The molecule has 0 aromatic heterocycles. The maximum Gasteiger partial charge on any atom is 0.320 e. The number of nitrogens with zero attached hydrogens (tertiary/aromatic N) is 9. The molecular weight excluding hydrogens is 1850 g/mol. The van der Waals surface area contributed by atoms with Gasteiger partial charge in [-0.15, -0.1) is 0 Å². The zero-order valence-electron chi connectivity index (χ0n) is 76.3. The number of nitrogens with one attached hydrogen (secondary N) is 6. The van der Waals surface area contributed by atoms with Gasteiger partial charge in [0.05, 0.1) is 68.5 Å². The van der Waals surface area contributed by atoms with Gasteiger partial charge in [-0.2, -0.15) is 0 Å². The number of aliphatic hydroxyl groups is 1. The number of benzene rings is 2. The minimum Gasteiger partial charge on any atom is -0.508 e. The summed E-state index contributed by atoms with van der Waals surface area (Å²) in [6.45, 7) is -0.0673. The van der Waals surface area contributed by atoms with E-state index in [2.05, 4.69) is 31.9 Å². The smallest absolute Gasteiger partial charge is 0.320 e. The predicted molar refractivity (Wildman–Crippen MR) is 488 cm³/mol. The van der Waals surface area contributed by atoms with Crippen molar-refractivity contribution in [3.63, 3.8) is 0 Å². The second-order valence-corrected chi connectivity index (χ2v) is 37.9. The monoisotopic (exact) mass is 1980 g/mol. The molecular formula is C87H128ClN15O31S2. The third-order valence-electron chi connectivity index (χ3n) is 23.5. The Morgan fingerprint density at radius 3 is 1.43 bits per heavy atom. The van der Waals surface area contributed by atoms with E-state index < -0.39 is 296 Å². The minimum absolute atomic E-state index is 0.00441. The lowest BCUT2D eigenvalue weighted by molar-refractivity contribution is -0.145. The quantitative estimate of drug-likeness (QED) is 0.0310. The van der Waals surface area contributed by atoms with Crippen molar-refractivity contribution < 1.29 is 152 Å². The van der Waals surface area contributed by atoms with Crippen LogP contribution in [0.25, 0.3) is 0 Å². The Labute approximate surface area is 798 Å². The van der Waals surface area contributed by atoms with Crippen LogP contribution in [0.3, 0.4) is 0 Å². The first-order valence-electron chi connectivity index (χ1n) is 44.9. The largest absolute Gasteiger partial charge is 0.508 e. The van der Waals surface area contributed by atoms with E-state index in [0.717, 1.165) is 15.7 Å². The fraction of sp³-hybridized carbons (Fsp3) is 0.644. The Morgan fingerprint density at radius 2 is 0.971 bits per heavy atom. The standard InChI is InChI=1S/C87H128ClN15O31S2/c1-52(2)36-61-70(108)37-53(3)50-135-136-51-64(85(130)103-43-58(105)42-67(103)84(129)93-62(69(107)13-16-74(112)91-61)40-55-6-12-68(106)59(88)38-55)94-82(127)56(7-17-75(113)114)41-71(109)63(39-54-4-8-57(104)9-5-54)92-83(128)60(90-73(111)15-11-66(87(133)134)102-34-30-99(48-80(123)124)26-22-96(45-77(117)118)23-27-100(31-35-102)49-81(125)126)18-19-89-72(110)14-10-65(86(131)132)101-32-28-97(46-78(119)120)24-20-95(44-76(115)116)21-25-98(29-33-101)47-79(121)122/h4-6,8-9,12,38,52-53,56,58,60-67,104-106H,7,10-11,13-37,39-51H2,1-3H3,(H,89,110)(H,90,111)(H,91,112)(H,92,128)(H,93,129)(H,94,127)(H,113,114)(H,115,116)(H,117,118)(H,119,120)(H,121,122)(H,123,124)(H,125,126)(H,131,132)(H,133,134)/t53-,56-,58+,60-,61-,62-,63-,64-,65?,66?,67-/m0/s1. The van der Waals surface area contributed by atoms with Gasteiger partial charge >= 0.3 is 53.7 Å². The second-order valence-electron chi connectivity index (χ2n) is 34.9. The molecule has 4 aliphatic rings. The van der Waals surface area contributed by atoms with Crippen LogP contribution in [0.15, 0.2) is 42.5 Å². The third kappa shape index (κ3) is 42.0. The molecule has 4 aliphatic heterocycles. The molecule has 46 nitrogen and oxygen atoms in total. The molecule has 136 heavy (non-hydrogen) atoms. The van der Waals surface area contributed by atoms with E-state index in [9.17, 15) is 133 Å². The highest BCUT2D eigenvalue weighted by atomic mass is 35.5. The second kappa shape index (κ2) is 58.1. The molecule has 0 spiro atoms. The first-order valence-corrected chi connectivity index (χ1v) is 47.8. The highest BCUT2D eigenvalue weighted by Crippen LogP contribution is 2.31. The van der Waals surface area contributed by atoms with Crippen LogP contribution in [0, 0.1) is 17.8 Å². The molecule has 2 aromatic carbocycles. The van der Waals surface area contributed by atoms with Gasteiger partial charge < -0.3 is 98.1 Å². The summed E-state index contributed by atoms with van der Waals surface area (Å²) < 4.78 is 0. The number of hydrogen-bond acceptors (Lipinski definition) is 32. The summed E-state index contributed by atoms with van der Waals surface area (Å²) >= 11 is 6.27. The van der Waals surface area contributed by atoms with Gasteiger partial charge in [0.25, 0.3) is 0 Å². The van der Waals surface area contributed by atoms with Crippen LogP contribution in [0.5, 0.6) is 11.5 Å². The maximum absolute atomic E-state index is 15.4. The van der Waals surface area contributed by atoms with Gasteiger partial charge in [-0.1, -0.05) is 72.2 Å². The fourth-order valence-electron chi connectivity index (χ4n) is 16.3. The van der Waals surface area contributed by atoms with E-state index in [4.69, 9.17) is 11.6 Å². The molecule has 4 saturated heterocycles. The van der Waals surface area contributed by atoms with Crippen molar-refractivity contribution in [2.45, 2.75) is 172 Å².